The van der Waals surface area contributed by atoms with Crippen LogP contribution in [0.3, 0.4) is 0 Å². The second-order valence-electron chi connectivity index (χ2n) is 8.44. The van der Waals surface area contributed by atoms with E-state index in [0.29, 0.717) is 12.0 Å². The van der Waals surface area contributed by atoms with E-state index in [1.807, 2.05) is 30.3 Å². The molecule has 2 N–H and O–H groups in total. The first-order valence-electron chi connectivity index (χ1n) is 9.36. The number of benzene rings is 2. The number of carbonyl (C=O) groups is 2. The maximum Gasteiger partial charge on any atom is 0.405 e. The summed E-state index contributed by atoms with van der Waals surface area (Å²) in [6, 6.07) is 15.5. The van der Waals surface area contributed by atoms with Gasteiger partial charge in [-0.2, -0.15) is 0 Å². The highest BCUT2D eigenvalue weighted by Gasteiger charge is 2.39. The first-order valence-corrected chi connectivity index (χ1v) is 12.3. The number of Topliss-reactive ketones (excluding diaryl/α,β-unsaturated/α-hetero) is 1. The van der Waals surface area contributed by atoms with Crippen molar-refractivity contribution in [2.24, 2.45) is 0 Å². The monoisotopic (exact) mass is 399 g/mol. The molecule has 0 bridgehead atoms. The molecule has 0 saturated heterocycles. The summed E-state index contributed by atoms with van der Waals surface area (Å²) in [5.74, 6) is 0.471. The minimum absolute atomic E-state index is 0.0771. The van der Waals surface area contributed by atoms with Crippen molar-refractivity contribution in [1.29, 1.82) is 0 Å². The van der Waals surface area contributed by atoms with Gasteiger partial charge in [0.1, 0.15) is 5.75 Å². The Morgan fingerprint density at radius 3 is 2.11 bits per heavy atom. The fourth-order valence-corrected chi connectivity index (χ4v) is 3.58. The van der Waals surface area contributed by atoms with Crippen molar-refractivity contribution in [1.82, 2.24) is 5.32 Å². The number of rotatable bonds is 7. The Labute approximate surface area is 167 Å². The predicted octanol–water partition coefficient (Wildman–Crippen LogP) is 5.13. The van der Waals surface area contributed by atoms with Gasteiger partial charge in [-0.15, -0.1) is 0 Å². The van der Waals surface area contributed by atoms with Crippen molar-refractivity contribution < 1.29 is 19.1 Å². The van der Waals surface area contributed by atoms with E-state index in [9.17, 15) is 9.59 Å². The Morgan fingerprint density at radius 2 is 1.61 bits per heavy atom. The minimum atomic E-state index is -1.96. The van der Waals surface area contributed by atoms with Crippen molar-refractivity contribution in [3.8, 4) is 5.75 Å². The van der Waals surface area contributed by atoms with Crippen LogP contribution in [0, 0.1) is 0 Å². The van der Waals surface area contributed by atoms with Crippen LogP contribution < -0.4 is 9.74 Å². The minimum Gasteiger partial charge on any atom is -0.544 e. The van der Waals surface area contributed by atoms with Gasteiger partial charge in [0.2, 0.25) is 8.32 Å². The number of amides is 1. The van der Waals surface area contributed by atoms with Crippen molar-refractivity contribution in [2.75, 3.05) is 0 Å². The van der Waals surface area contributed by atoms with Gasteiger partial charge < -0.3 is 14.8 Å². The molecule has 5 nitrogen and oxygen atoms in total. The summed E-state index contributed by atoms with van der Waals surface area (Å²) >= 11 is 0. The summed E-state index contributed by atoms with van der Waals surface area (Å²) < 4.78 is 6.24. The van der Waals surface area contributed by atoms with E-state index in [1.54, 1.807) is 24.3 Å². The van der Waals surface area contributed by atoms with Gasteiger partial charge in [-0.25, -0.2) is 4.79 Å². The molecule has 28 heavy (non-hydrogen) atoms. The molecule has 0 spiro atoms. The van der Waals surface area contributed by atoms with E-state index in [1.165, 1.54) is 0 Å². The zero-order valence-corrected chi connectivity index (χ0v) is 18.2. The third-order valence-corrected chi connectivity index (χ3v) is 9.57. The molecule has 0 aromatic heterocycles. The fourth-order valence-electron chi connectivity index (χ4n) is 2.54. The maximum atomic E-state index is 12.9. The van der Waals surface area contributed by atoms with Crippen LogP contribution in [-0.4, -0.2) is 31.3 Å². The van der Waals surface area contributed by atoms with Gasteiger partial charge in [0.15, 0.2) is 5.78 Å². The molecule has 0 radical (unpaired) electrons. The molecule has 0 unspecified atom stereocenters. The van der Waals surface area contributed by atoms with Crippen LogP contribution in [0.1, 0.15) is 36.7 Å². The second kappa shape index (κ2) is 8.60. The zero-order valence-electron chi connectivity index (χ0n) is 17.2. The van der Waals surface area contributed by atoms with Crippen molar-refractivity contribution in [3.63, 3.8) is 0 Å². The van der Waals surface area contributed by atoms with Crippen molar-refractivity contribution >= 4 is 20.2 Å². The molecule has 0 aliphatic rings. The molecule has 2 aromatic rings. The summed E-state index contributed by atoms with van der Waals surface area (Å²) in [4.78, 5) is 24.0. The van der Waals surface area contributed by atoms with E-state index in [4.69, 9.17) is 9.53 Å². The lowest BCUT2D eigenvalue weighted by Crippen LogP contribution is -2.43. The molecule has 0 aliphatic heterocycles. The second-order valence-corrected chi connectivity index (χ2v) is 13.2. The molecule has 1 atom stereocenters. The molecule has 0 heterocycles. The summed E-state index contributed by atoms with van der Waals surface area (Å²) in [5.41, 5.74) is 1.35. The van der Waals surface area contributed by atoms with Gasteiger partial charge in [0, 0.05) is 12.0 Å². The third-order valence-electron chi connectivity index (χ3n) is 5.21. The molecule has 0 aliphatic carbocycles. The van der Waals surface area contributed by atoms with Gasteiger partial charge in [0.25, 0.3) is 0 Å². The highest BCUT2D eigenvalue weighted by atomic mass is 28.4. The maximum absolute atomic E-state index is 12.9. The average Bonchev–Trinajstić information content (AvgIpc) is 2.60. The average molecular weight is 400 g/mol. The molecule has 2 rings (SSSR count). The van der Waals surface area contributed by atoms with Crippen LogP contribution in [0.25, 0.3) is 0 Å². The predicted molar refractivity (Wildman–Crippen MR) is 114 cm³/mol. The van der Waals surface area contributed by atoms with E-state index >= 15 is 0 Å². The van der Waals surface area contributed by atoms with Crippen LogP contribution in [-0.2, 0) is 6.42 Å². The molecule has 0 fully saturated rings. The summed E-state index contributed by atoms with van der Waals surface area (Å²) in [6.45, 7) is 10.8. The van der Waals surface area contributed by atoms with Crippen LogP contribution in [0.4, 0.5) is 4.79 Å². The van der Waals surface area contributed by atoms with Crippen LogP contribution >= 0.6 is 0 Å². The lowest BCUT2D eigenvalue weighted by molar-refractivity contribution is 0.0936. The van der Waals surface area contributed by atoms with Gasteiger partial charge >= 0.3 is 6.09 Å². The highest BCUT2D eigenvalue weighted by Crippen LogP contribution is 2.37. The number of hydrogen-bond donors (Lipinski definition) is 2. The molecule has 1 amide bonds. The lowest BCUT2D eigenvalue weighted by Gasteiger charge is -2.36. The van der Waals surface area contributed by atoms with Crippen LogP contribution in [0.2, 0.25) is 18.1 Å². The van der Waals surface area contributed by atoms with Crippen LogP contribution in [0.15, 0.2) is 54.6 Å². The first-order chi connectivity index (χ1) is 13.0. The molecule has 150 valence electrons. The zero-order chi connectivity index (χ0) is 20.9. The van der Waals surface area contributed by atoms with E-state index in [2.05, 4.69) is 39.2 Å². The number of hydrogen-bond acceptors (Lipinski definition) is 3. The smallest absolute Gasteiger partial charge is 0.405 e. The standard InChI is InChI=1S/C22H29NO4Si/c1-22(2,3)28(4,5)27-18-13-11-17(12-14-18)20(24)19(23-21(25)26)15-16-9-7-6-8-10-16/h6-14,19,23H,15H2,1-5H3,(H,25,26)/t19-/m0/s1. The SMILES string of the molecule is CC(C)(C)[Si](C)(C)Oc1ccc(C(=O)[C@H](Cc2ccccc2)NC(=O)O)cc1. The number of carbonyl (C=O) groups excluding carboxylic acids is 1. The Morgan fingerprint density at radius 1 is 1.04 bits per heavy atom. The van der Waals surface area contributed by atoms with Gasteiger partial charge in [-0.3, -0.25) is 4.79 Å². The van der Waals surface area contributed by atoms with Gasteiger partial charge in [-0.1, -0.05) is 51.1 Å². The topological polar surface area (TPSA) is 75.6 Å². The normalized spacial score (nSPS) is 12.9. The lowest BCUT2D eigenvalue weighted by atomic mass is 9.97. The Hall–Kier alpha value is -2.60. The van der Waals surface area contributed by atoms with E-state index < -0.39 is 20.5 Å². The summed E-state index contributed by atoms with van der Waals surface area (Å²) in [7, 11) is -1.96. The number of carboxylic acid groups (broad SMARTS) is 1. The third kappa shape index (κ3) is 5.69. The molecule has 6 heteroatoms. The molecule has 0 saturated carbocycles. The number of nitrogens with one attached hydrogen (secondary N) is 1. The Balaban J connectivity index is 2.17. The first kappa shape index (κ1) is 21.7. The van der Waals surface area contributed by atoms with E-state index in [-0.39, 0.29) is 10.8 Å². The summed E-state index contributed by atoms with van der Waals surface area (Å²) in [5, 5.41) is 11.5. The van der Waals surface area contributed by atoms with E-state index in [0.717, 1.165) is 11.3 Å². The quantitative estimate of drug-likeness (QED) is 0.500. The largest absolute Gasteiger partial charge is 0.544 e. The highest BCUT2D eigenvalue weighted by molar-refractivity contribution is 6.74. The fraction of sp³-hybridized carbons (Fsp3) is 0.364. The van der Waals surface area contributed by atoms with Gasteiger partial charge in [-0.05, 0) is 48.0 Å². The Bertz CT molecular complexity index is 811. The molecule has 2 aromatic carbocycles. The van der Waals surface area contributed by atoms with Crippen LogP contribution in [0.5, 0.6) is 5.75 Å². The number of ketones is 1. The van der Waals surface area contributed by atoms with Crippen molar-refractivity contribution in [3.05, 3.63) is 65.7 Å². The van der Waals surface area contributed by atoms with Gasteiger partial charge in [0.05, 0.1) is 6.04 Å². The molecular weight excluding hydrogens is 370 g/mol. The Kier molecular flexibility index (Phi) is 6.67. The van der Waals surface area contributed by atoms with Crippen molar-refractivity contribution in [2.45, 2.75) is 51.4 Å². The summed E-state index contributed by atoms with van der Waals surface area (Å²) in [6.07, 6.45) is -0.916. The molecular formula is C22H29NO4Si.